The van der Waals surface area contributed by atoms with Gasteiger partial charge in [-0.1, -0.05) is 31.2 Å². The van der Waals surface area contributed by atoms with Gasteiger partial charge in [-0.25, -0.2) is 4.79 Å². The number of benzene rings is 1. The summed E-state index contributed by atoms with van der Waals surface area (Å²) in [4.78, 5) is 12.5. The third-order valence-electron chi connectivity index (χ3n) is 4.40. The van der Waals surface area contributed by atoms with E-state index >= 15 is 0 Å². The highest BCUT2D eigenvalue weighted by molar-refractivity contribution is 5.97. The van der Waals surface area contributed by atoms with Gasteiger partial charge in [0.25, 0.3) is 0 Å². The molecule has 0 spiro atoms. The van der Waals surface area contributed by atoms with Gasteiger partial charge in [0.1, 0.15) is 35.4 Å². The van der Waals surface area contributed by atoms with E-state index in [0.717, 1.165) is 6.07 Å². The number of carbonyl (C=O) groups excluding carboxylic acids is 1. The number of ether oxygens (including phenoxy) is 1. The van der Waals surface area contributed by atoms with Gasteiger partial charge in [-0.15, -0.1) is 0 Å². The van der Waals surface area contributed by atoms with Crippen LogP contribution in [0, 0.1) is 5.92 Å². The summed E-state index contributed by atoms with van der Waals surface area (Å²) in [5.74, 6) is -1.71. The monoisotopic (exact) mass is 364 g/mol. The third kappa shape index (κ3) is 4.63. The Hall–Kier alpha value is -2.35. The van der Waals surface area contributed by atoms with Gasteiger partial charge in [0.2, 0.25) is 0 Å². The fourth-order valence-corrected chi connectivity index (χ4v) is 2.58. The van der Waals surface area contributed by atoms with Crippen molar-refractivity contribution in [3.05, 3.63) is 41.5 Å². The van der Waals surface area contributed by atoms with Gasteiger partial charge in [-0.3, -0.25) is 0 Å². The molecule has 5 atom stereocenters. The van der Waals surface area contributed by atoms with Crippen LogP contribution in [0.4, 0.5) is 0 Å². The first kappa shape index (κ1) is 20.0. The van der Waals surface area contributed by atoms with Gasteiger partial charge in [0, 0.05) is 12.0 Å². The largest absolute Gasteiger partial charge is 0.508 e. The molecular weight excluding hydrogens is 340 g/mol. The second-order valence-electron chi connectivity index (χ2n) is 6.47. The van der Waals surface area contributed by atoms with E-state index in [2.05, 4.69) is 0 Å². The normalized spacial score (nSPS) is 32.8. The molecule has 0 aliphatic carbocycles. The SMILES string of the molecule is CC1OC(=O)c2c(O)cc(O)cc2/C=C/CC(O)C(O)C(O)/C=C\[C@H]1C. The number of aliphatic hydroxyl groups is 3. The minimum Gasteiger partial charge on any atom is -0.508 e. The molecule has 0 amide bonds. The van der Waals surface area contributed by atoms with Crippen molar-refractivity contribution in [1.82, 2.24) is 0 Å². The standard InChI is InChI=1S/C19H24O7/c1-10-6-7-15(22)18(24)14(21)5-3-4-12-8-13(20)9-16(23)17(12)19(25)26-11(10)2/h3-4,6-11,14-15,18,20-24H,5H2,1-2H3/b4-3+,7-6-/t10-,11?,14?,15?,18?/m1/s1. The number of aliphatic hydroxyl groups excluding tert-OH is 3. The first-order valence-corrected chi connectivity index (χ1v) is 8.36. The first-order chi connectivity index (χ1) is 12.2. The maximum Gasteiger partial charge on any atom is 0.342 e. The Morgan fingerprint density at radius 1 is 1.08 bits per heavy atom. The van der Waals surface area contributed by atoms with Crippen LogP contribution in [-0.4, -0.2) is 55.9 Å². The molecule has 1 aliphatic heterocycles. The van der Waals surface area contributed by atoms with Crippen LogP contribution in [0.5, 0.6) is 11.5 Å². The van der Waals surface area contributed by atoms with E-state index in [1.807, 2.05) is 0 Å². The summed E-state index contributed by atoms with van der Waals surface area (Å²) in [5, 5.41) is 49.7. The van der Waals surface area contributed by atoms with Crippen LogP contribution in [0.2, 0.25) is 0 Å². The van der Waals surface area contributed by atoms with Crippen molar-refractivity contribution in [3.8, 4) is 11.5 Å². The van der Waals surface area contributed by atoms with Crippen molar-refractivity contribution in [2.24, 2.45) is 5.92 Å². The van der Waals surface area contributed by atoms with E-state index < -0.39 is 36.1 Å². The summed E-state index contributed by atoms with van der Waals surface area (Å²) in [6, 6.07) is 2.32. The molecule has 0 saturated heterocycles. The lowest BCUT2D eigenvalue weighted by Crippen LogP contribution is -2.36. The van der Waals surface area contributed by atoms with E-state index in [4.69, 9.17) is 4.74 Å². The minimum absolute atomic E-state index is 0.0110. The summed E-state index contributed by atoms with van der Waals surface area (Å²) in [6.45, 7) is 3.41. The Labute approximate surface area is 151 Å². The van der Waals surface area contributed by atoms with Gasteiger partial charge in [0.15, 0.2) is 0 Å². The number of carbonyl (C=O) groups is 1. The number of phenols is 2. The molecule has 7 heteroatoms. The van der Waals surface area contributed by atoms with E-state index in [1.54, 1.807) is 19.9 Å². The van der Waals surface area contributed by atoms with Gasteiger partial charge < -0.3 is 30.3 Å². The topological polar surface area (TPSA) is 127 Å². The molecule has 5 N–H and O–H groups in total. The second kappa shape index (κ2) is 8.35. The lowest BCUT2D eigenvalue weighted by atomic mass is 9.99. The van der Waals surface area contributed by atoms with Gasteiger partial charge in [-0.05, 0) is 25.0 Å². The molecule has 4 unspecified atom stereocenters. The average Bonchev–Trinajstić information content (AvgIpc) is 2.56. The number of esters is 1. The molecule has 1 aromatic rings. The minimum atomic E-state index is -1.39. The Morgan fingerprint density at radius 3 is 2.46 bits per heavy atom. The fourth-order valence-electron chi connectivity index (χ4n) is 2.58. The molecule has 2 rings (SSSR count). The predicted octanol–water partition coefficient (Wildman–Crippen LogP) is 1.33. The van der Waals surface area contributed by atoms with Crippen LogP contribution in [0.15, 0.2) is 30.4 Å². The van der Waals surface area contributed by atoms with Crippen molar-refractivity contribution < 1.29 is 35.1 Å². The zero-order valence-corrected chi connectivity index (χ0v) is 14.6. The van der Waals surface area contributed by atoms with Crippen LogP contribution < -0.4 is 0 Å². The first-order valence-electron chi connectivity index (χ1n) is 8.36. The third-order valence-corrected chi connectivity index (χ3v) is 4.40. The Bertz CT molecular complexity index is 710. The Kier molecular flexibility index (Phi) is 6.42. The predicted molar refractivity (Wildman–Crippen MR) is 94.6 cm³/mol. The molecule has 0 bridgehead atoms. The highest BCUT2D eigenvalue weighted by Gasteiger charge is 2.25. The molecule has 1 aliphatic rings. The zero-order valence-electron chi connectivity index (χ0n) is 14.6. The summed E-state index contributed by atoms with van der Waals surface area (Å²) in [7, 11) is 0. The number of hydrogen-bond acceptors (Lipinski definition) is 7. The maximum atomic E-state index is 12.5. The average molecular weight is 364 g/mol. The number of rotatable bonds is 0. The summed E-state index contributed by atoms with van der Waals surface area (Å²) < 4.78 is 5.38. The maximum absolute atomic E-state index is 12.5. The van der Waals surface area contributed by atoms with Gasteiger partial charge in [-0.2, -0.15) is 0 Å². The molecule has 0 aromatic heterocycles. The molecule has 1 aromatic carbocycles. The quantitative estimate of drug-likeness (QED) is 0.347. The molecule has 0 fully saturated rings. The Morgan fingerprint density at radius 2 is 1.77 bits per heavy atom. The molecule has 1 heterocycles. The van der Waals surface area contributed by atoms with E-state index in [0.29, 0.717) is 0 Å². The van der Waals surface area contributed by atoms with Crippen LogP contribution in [-0.2, 0) is 4.74 Å². The Balaban J connectivity index is 2.46. The van der Waals surface area contributed by atoms with Crippen LogP contribution in [0.1, 0.15) is 36.2 Å². The number of hydrogen-bond donors (Lipinski definition) is 5. The molecule has 0 radical (unpaired) electrons. The van der Waals surface area contributed by atoms with Crippen LogP contribution >= 0.6 is 0 Å². The number of aromatic hydroxyl groups is 2. The van der Waals surface area contributed by atoms with Crippen molar-refractivity contribution in [3.63, 3.8) is 0 Å². The lowest BCUT2D eigenvalue weighted by molar-refractivity contribution is -0.0395. The van der Waals surface area contributed by atoms with Crippen LogP contribution in [0.25, 0.3) is 6.08 Å². The summed E-state index contributed by atoms with van der Waals surface area (Å²) >= 11 is 0. The van der Waals surface area contributed by atoms with E-state index in [-0.39, 0.29) is 29.2 Å². The number of cyclic esters (lactones) is 1. The fraction of sp³-hybridized carbons (Fsp3) is 0.421. The molecular formula is C19H24O7. The second-order valence-corrected chi connectivity index (χ2v) is 6.47. The highest BCUT2D eigenvalue weighted by Crippen LogP contribution is 2.30. The van der Waals surface area contributed by atoms with E-state index in [1.165, 1.54) is 24.3 Å². The van der Waals surface area contributed by atoms with Crippen molar-refractivity contribution in [2.45, 2.75) is 44.7 Å². The summed E-state index contributed by atoms with van der Waals surface area (Å²) in [5.41, 5.74) is 0.108. The highest BCUT2D eigenvalue weighted by atomic mass is 16.5. The van der Waals surface area contributed by atoms with Gasteiger partial charge >= 0.3 is 5.97 Å². The summed E-state index contributed by atoms with van der Waals surface area (Å²) in [6.07, 6.45) is 1.33. The molecule has 142 valence electrons. The lowest BCUT2D eigenvalue weighted by Gasteiger charge is -2.22. The van der Waals surface area contributed by atoms with Crippen LogP contribution in [0.3, 0.4) is 0 Å². The molecule has 0 saturated carbocycles. The number of fused-ring (bicyclic) bond motifs is 1. The van der Waals surface area contributed by atoms with Gasteiger partial charge in [0.05, 0.1) is 6.10 Å². The molecule has 7 nitrogen and oxygen atoms in total. The smallest absolute Gasteiger partial charge is 0.342 e. The zero-order chi connectivity index (χ0) is 19.4. The van der Waals surface area contributed by atoms with E-state index in [9.17, 15) is 30.3 Å². The van der Waals surface area contributed by atoms with Crippen molar-refractivity contribution in [2.75, 3.05) is 0 Å². The van der Waals surface area contributed by atoms with Crippen molar-refractivity contribution in [1.29, 1.82) is 0 Å². The number of phenolic OH excluding ortho intramolecular Hbond substituents is 2. The molecule has 26 heavy (non-hydrogen) atoms. The van der Waals surface area contributed by atoms with Crippen molar-refractivity contribution >= 4 is 12.0 Å².